The van der Waals surface area contributed by atoms with Crippen molar-refractivity contribution in [2.24, 2.45) is 5.92 Å². The second-order valence-corrected chi connectivity index (χ2v) is 12.0. The molecule has 1 fully saturated rings. The molecule has 3 amide bonds. The van der Waals surface area contributed by atoms with E-state index >= 15 is 0 Å². The third-order valence-corrected chi connectivity index (χ3v) is 8.45. The summed E-state index contributed by atoms with van der Waals surface area (Å²) < 4.78 is -1.34. The minimum atomic E-state index is -1.34. The highest BCUT2D eigenvalue weighted by Crippen LogP contribution is 2.65. The molecule has 3 aromatic rings. The lowest BCUT2D eigenvalue weighted by molar-refractivity contribution is -0.119. The summed E-state index contributed by atoms with van der Waals surface area (Å²) in [5, 5.41) is 6.65. The van der Waals surface area contributed by atoms with Crippen LogP contribution in [-0.4, -0.2) is 29.1 Å². The summed E-state index contributed by atoms with van der Waals surface area (Å²) in [4.78, 5) is 39.7. The number of hydrogen-bond acceptors (Lipinski definition) is 3. The van der Waals surface area contributed by atoms with Gasteiger partial charge >= 0.3 is 0 Å². The van der Waals surface area contributed by atoms with Crippen LogP contribution in [0, 0.1) is 5.92 Å². The number of nitrogens with zero attached hydrogens (tertiary/aromatic N) is 1. The molecule has 1 saturated carbocycles. The molecule has 0 radical (unpaired) electrons. The first-order valence-corrected chi connectivity index (χ1v) is 13.5. The summed E-state index contributed by atoms with van der Waals surface area (Å²) in [5.41, 5.74) is 3.53. The maximum atomic E-state index is 13.1. The molecule has 0 aromatic heterocycles. The molecule has 1 heterocycles. The van der Waals surface area contributed by atoms with Gasteiger partial charge in [-0.15, -0.1) is 23.2 Å². The van der Waals surface area contributed by atoms with Crippen molar-refractivity contribution in [3.05, 3.63) is 86.4 Å². The third kappa shape index (κ3) is 5.21. The molecule has 0 bridgehead atoms. The summed E-state index contributed by atoms with van der Waals surface area (Å²) in [5.74, 6) is -2.08. The number of fused-ring (bicyclic) bond motifs is 1. The fourth-order valence-electron chi connectivity index (χ4n) is 4.75. The van der Waals surface area contributed by atoms with E-state index in [4.69, 9.17) is 58.0 Å². The van der Waals surface area contributed by atoms with Gasteiger partial charge in [0, 0.05) is 46.5 Å². The van der Waals surface area contributed by atoms with Crippen LogP contribution in [0.4, 0.5) is 17.1 Å². The Morgan fingerprint density at radius 2 is 1.55 bits per heavy atom. The maximum absolute atomic E-state index is 13.1. The second-order valence-electron chi connectivity index (χ2n) is 9.27. The van der Waals surface area contributed by atoms with E-state index in [1.807, 2.05) is 6.07 Å². The SMILES string of the molecule is CN1C(=O)CCc2cc(NC(=O)c3cc(NC(=O)C4C(c5cc(Cl)cc(Cl)c5)C4(Cl)Cl)ccc3Cl)ccc21. The largest absolute Gasteiger partial charge is 0.326 e. The lowest BCUT2D eigenvalue weighted by Gasteiger charge is -2.26. The molecule has 0 spiro atoms. The normalized spacial score (nSPS) is 19.5. The monoisotopic (exact) mass is 609 g/mol. The Kier molecular flexibility index (Phi) is 7.31. The van der Waals surface area contributed by atoms with Crippen molar-refractivity contribution < 1.29 is 14.4 Å². The summed E-state index contributed by atoms with van der Waals surface area (Å²) >= 11 is 31.4. The summed E-state index contributed by atoms with van der Waals surface area (Å²) in [6.07, 6.45) is 1.00. The molecule has 2 unspecified atom stereocenters. The van der Waals surface area contributed by atoms with Crippen LogP contribution in [0.2, 0.25) is 15.1 Å². The van der Waals surface area contributed by atoms with E-state index in [0.717, 1.165) is 11.3 Å². The van der Waals surface area contributed by atoms with Crippen molar-refractivity contribution >= 4 is 92.8 Å². The summed E-state index contributed by atoms with van der Waals surface area (Å²) in [6.45, 7) is 0. The highest BCUT2D eigenvalue weighted by Gasteiger charge is 2.67. The molecule has 11 heteroatoms. The molecule has 2 atom stereocenters. The molecule has 38 heavy (non-hydrogen) atoms. The molecular formula is C27H20Cl5N3O3. The van der Waals surface area contributed by atoms with Crippen LogP contribution >= 0.6 is 58.0 Å². The number of amides is 3. The van der Waals surface area contributed by atoms with E-state index in [2.05, 4.69) is 10.6 Å². The van der Waals surface area contributed by atoms with Crippen molar-refractivity contribution in [1.29, 1.82) is 0 Å². The number of carbonyl (C=O) groups is 3. The molecule has 1 aliphatic carbocycles. The van der Waals surface area contributed by atoms with E-state index in [0.29, 0.717) is 39.8 Å². The predicted octanol–water partition coefficient (Wildman–Crippen LogP) is 7.33. The van der Waals surface area contributed by atoms with Crippen LogP contribution < -0.4 is 15.5 Å². The van der Waals surface area contributed by atoms with Gasteiger partial charge < -0.3 is 15.5 Å². The zero-order valence-corrected chi connectivity index (χ0v) is 23.6. The first-order valence-electron chi connectivity index (χ1n) is 11.6. The molecule has 3 aromatic carbocycles. The Morgan fingerprint density at radius 3 is 2.26 bits per heavy atom. The molecule has 6 nitrogen and oxygen atoms in total. The predicted molar refractivity (Wildman–Crippen MR) is 153 cm³/mol. The molecule has 5 rings (SSSR count). The Balaban J connectivity index is 1.31. The van der Waals surface area contributed by atoms with Gasteiger partial charge in [-0.3, -0.25) is 14.4 Å². The van der Waals surface area contributed by atoms with Gasteiger partial charge in [0.2, 0.25) is 11.8 Å². The van der Waals surface area contributed by atoms with Gasteiger partial charge in [0.25, 0.3) is 5.91 Å². The number of benzene rings is 3. The minimum absolute atomic E-state index is 0.0504. The van der Waals surface area contributed by atoms with Crippen molar-refractivity contribution in [3.63, 3.8) is 0 Å². The Labute approximate surface area is 244 Å². The fraction of sp³-hybridized carbons (Fsp3) is 0.222. The van der Waals surface area contributed by atoms with Gasteiger partial charge in [0.1, 0.15) is 4.33 Å². The number of aryl methyl sites for hydroxylation is 1. The van der Waals surface area contributed by atoms with Crippen molar-refractivity contribution in [1.82, 2.24) is 0 Å². The van der Waals surface area contributed by atoms with Crippen LogP contribution in [0.1, 0.15) is 33.8 Å². The lowest BCUT2D eigenvalue weighted by Crippen LogP contribution is -2.31. The average molecular weight is 612 g/mol. The number of carbonyl (C=O) groups excluding carboxylic acids is 3. The Hall–Kier alpha value is -2.48. The van der Waals surface area contributed by atoms with E-state index in [1.165, 1.54) is 12.1 Å². The van der Waals surface area contributed by atoms with Crippen molar-refractivity contribution in [3.8, 4) is 0 Å². The highest BCUT2D eigenvalue weighted by molar-refractivity contribution is 6.53. The van der Waals surface area contributed by atoms with Crippen LogP contribution in [0.15, 0.2) is 54.6 Å². The van der Waals surface area contributed by atoms with Crippen LogP contribution in [0.25, 0.3) is 0 Å². The van der Waals surface area contributed by atoms with Gasteiger partial charge in [-0.2, -0.15) is 0 Å². The average Bonchev–Trinajstić information content (AvgIpc) is 3.44. The smallest absolute Gasteiger partial charge is 0.257 e. The van der Waals surface area contributed by atoms with Crippen LogP contribution in [-0.2, 0) is 16.0 Å². The van der Waals surface area contributed by atoms with Crippen molar-refractivity contribution in [2.45, 2.75) is 23.1 Å². The number of rotatable bonds is 5. The minimum Gasteiger partial charge on any atom is -0.326 e. The fourth-order valence-corrected chi connectivity index (χ4v) is 6.33. The summed E-state index contributed by atoms with van der Waals surface area (Å²) in [6, 6.07) is 14.9. The van der Waals surface area contributed by atoms with E-state index in [9.17, 15) is 14.4 Å². The van der Waals surface area contributed by atoms with E-state index in [1.54, 1.807) is 48.3 Å². The molecule has 0 saturated heterocycles. The topological polar surface area (TPSA) is 78.5 Å². The van der Waals surface area contributed by atoms with Gasteiger partial charge in [-0.05, 0) is 72.1 Å². The lowest BCUT2D eigenvalue weighted by atomic mass is 10.0. The number of anilines is 3. The zero-order valence-electron chi connectivity index (χ0n) is 19.8. The highest BCUT2D eigenvalue weighted by atomic mass is 35.5. The molecule has 1 aliphatic heterocycles. The van der Waals surface area contributed by atoms with Gasteiger partial charge in [-0.1, -0.05) is 34.8 Å². The first kappa shape index (κ1) is 27.1. The number of hydrogen-bond donors (Lipinski definition) is 2. The maximum Gasteiger partial charge on any atom is 0.257 e. The van der Waals surface area contributed by atoms with E-state index < -0.39 is 28.0 Å². The van der Waals surface area contributed by atoms with Crippen molar-refractivity contribution in [2.75, 3.05) is 22.6 Å². The second kappa shape index (κ2) is 10.2. The van der Waals surface area contributed by atoms with E-state index in [-0.39, 0.29) is 16.5 Å². The summed E-state index contributed by atoms with van der Waals surface area (Å²) in [7, 11) is 1.73. The van der Waals surface area contributed by atoms with Gasteiger partial charge in [0.05, 0.1) is 16.5 Å². The first-order chi connectivity index (χ1) is 18.0. The Morgan fingerprint density at radius 1 is 0.895 bits per heavy atom. The van der Waals surface area contributed by atoms with Gasteiger partial charge in [-0.25, -0.2) is 0 Å². The zero-order chi connectivity index (χ0) is 27.4. The number of alkyl halides is 2. The number of nitrogens with one attached hydrogen (secondary N) is 2. The molecule has 2 aliphatic rings. The molecule has 196 valence electrons. The van der Waals surface area contributed by atoms with Gasteiger partial charge in [0.15, 0.2) is 0 Å². The number of halogens is 5. The molecule has 2 N–H and O–H groups in total. The quantitative estimate of drug-likeness (QED) is 0.297. The van der Waals surface area contributed by atoms with Crippen LogP contribution in [0.5, 0.6) is 0 Å². The van der Waals surface area contributed by atoms with Crippen LogP contribution in [0.3, 0.4) is 0 Å². The third-order valence-electron chi connectivity index (χ3n) is 6.74. The molecular weight excluding hydrogens is 592 g/mol. The standard InChI is InChI=1S/C27H20Cl5N3O3/c1-35-21-6-4-17(10-13(21)2-7-22(35)36)33-25(37)19-12-18(3-5-20(19)30)34-26(38)24-23(27(24,31)32)14-8-15(28)11-16(29)9-14/h3-6,8-12,23-24H,2,7H2,1H3,(H,33,37)(H,34,38). The Bertz CT molecular complexity index is 1470.